The highest BCUT2D eigenvalue weighted by Crippen LogP contribution is 2.28. The van der Waals surface area contributed by atoms with Crippen molar-refractivity contribution in [2.75, 3.05) is 0 Å². The zero-order valence-corrected chi connectivity index (χ0v) is 17.2. The van der Waals surface area contributed by atoms with Gasteiger partial charge in [0.1, 0.15) is 12.2 Å². The van der Waals surface area contributed by atoms with Crippen LogP contribution in [0, 0.1) is 13.8 Å². The summed E-state index contributed by atoms with van der Waals surface area (Å²) in [5.41, 5.74) is 5.71. The predicted octanol–water partition coefficient (Wildman–Crippen LogP) is 4.60. The number of ether oxygens (including phenoxy) is 1. The smallest absolute Gasteiger partial charge is 0.336 e. The van der Waals surface area contributed by atoms with Crippen molar-refractivity contribution < 1.29 is 18.7 Å². The molecule has 0 saturated heterocycles. The SMILES string of the molecule is Cc1ccc(C)c(C(=O)CCC(=O)OCc2cc(=O)oc3cc4c(cc23)CCC4)c1. The maximum absolute atomic E-state index is 12.5. The molecule has 0 N–H and O–H groups in total. The van der Waals surface area contributed by atoms with Gasteiger partial charge in [0.15, 0.2) is 5.78 Å². The monoisotopic (exact) mass is 404 g/mol. The lowest BCUT2D eigenvalue weighted by Gasteiger charge is -2.09. The molecule has 1 heterocycles. The highest BCUT2D eigenvalue weighted by molar-refractivity contribution is 5.99. The first-order valence-electron chi connectivity index (χ1n) is 10.3. The normalized spacial score (nSPS) is 12.7. The lowest BCUT2D eigenvalue weighted by Crippen LogP contribution is -2.10. The minimum Gasteiger partial charge on any atom is -0.461 e. The van der Waals surface area contributed by atoms with E-state index in [0.717, 1.165) is 35.8 Å². The minimum atomic E-state index is -0.462. The van der Waals surface area contributed by atoms with E-state index in [9.17, 15) is 14.4 Å². The fourth-order valence-corrected chi connectivity index (χ4v) is 4.03. The molecule has 1 aliphatic carbocycles. The van der Waals surface area contributed by atoms with E-state index in [4.69, 9.17) is 9.15 Å². The molecule has 0 amide bonds. The summed E-state index contributed by atoms with van der Waals surface area (Å²) in [6.07, 6.45) is 3.18. The Bertz CT molecular complexity index is 1200. The van der Waals surface area contributed by atoms with Crippen molar-refractivity contribution in [2.24, 2.45) is 0 Å². The van der Waals surface area contributed by atoms with Crippen molar-refractivity contribution >= 4 is 22.7 Å². The molecule has 30 heavy (non-hydrogen) atoms. The second-order valence-corrected chi connectivity index (χ2v) is 7.96. The van der Waals surface area contributed by atoms with E-state index in [0.29, 0.717) is 16.7 Å². The van der Waals surface area contributed by atoms with Crippen molar-refractivity contribution in [3.8, 4) is 0 Å². The molecular weight excluding hydrogens is 380 g/mol. The van der Waals surface area contributed by atoms with E-state index < -0.39 is 11.6 Å². The molecule has 0 saturated carbocycles. The summed E-state index contributed by atoms with van der Waals surface area (Å²) >= 11 is 0. The molecule has 5 nitrogen and oxygen atoms in total. The van der Waals surface area contributed by atoms with Crippen molar-refractivity contribution in [3.05, 3.63) is 80.2 Å². The molecule has 4 rings (SSSR count). The summed E-state index contributed by atoms with van der Waals surface area (Å²) < 4.78 is 10.7. The summed E-state index contributed by atoms with van der Waals surface area (Å²) in [5, 5.41) is 0.800. The summed E-state index contributed by atoms with van der Waals surface area (Å²) in [7, 11) is 0. The van der Waals surface area contributed by atoms with E-state index >= 15 is 0 Å². The Hall–Kier alpha value is -3.21. The average Bonchev–Trinajstić information content (AvgIpc) is 3.17. The quantitative estimate of drug-likeness (QED) is 0.341. The molecule has 154 valence electrons. The van der Waals surface area contributed by atoms with Gasteiger partial charge in [0.05, 0.1) is 6.42 Å². The molecule has 0 bridgehead atoms. The van der Waals surface area contributed by atoms with Gasteiger partial charge < -0.3 is 9.15 Å². The Morgan fingerprint density at radius 1 is 1.00 bits per heavy atom. The third-order valence-electron chi connectivity index (χ3n) is 5.68. The Labute approximate surface area is 174 Å². The van der Waals surface area contributed by atoms with Gasteiger partial charge >= 0.3 is 11.6 Å². The van der Waals surface area contributed by atoms with Crippen LogP contribution >= 0.6 is 0 Å². The Balaban J connectivity index is 1.43. The van der Waals surface area contributed by atoms with Crippen LogP contribution in [0.4, 0.5) is 0 Å². The summed E-state index contributed by atoms with van der Waals surface area (Å²) in [6.45, 7) is 3.80. The molecule has 3 aromatic rings. The van der Waals surface area contributed by atoms with Gasteiger partial charge in [0.25, 0.3) is 0 Å². The van der Waals surface area contributed by atoms with Crippen LogP contribution in [0.3, 0.4) is 0 Å². The maximum atomic E-state index is 12.5. The zero-order valence-electron chi connectivity index (χ0n) is 17.2. The van der Waals surface area contributed by atoms with Crippen LogP contribution in [-0.2, 0) is 29.0 Å². The van der Waals surface area contributed by atoms with Crippen LogP contribution in [0.1, 0.15) is 57.4 Å². The van der Waals surface area contributed by atoms with Crippen LogP contribution in [0.2, 0.25) is 0 Å². The molecule has 5 heteroatoms. The Morgan fingerprint density at radius 2 is 1.77 bits per heavy atom. The highest BCUT2D eigenvalue weighted by atomic mass is 16.5. The van der Waals surface area contributed by atoms with Gasteiger partial charge in [-0.05, 0) is 68.0 Å². The summed E-state index contributed by atoms with van der Waals surface area (Å²) in [5.74, 6) is -0.536. The number of benzene rings is 2. The number of esters is 1. The first kappa shape index (κ1) is 20.1. The predicted molar refractivity (Wildman–Crippen MR) is 114 cm³/mol. The lowest BCUT2D eigenvalue weighted by molar-refractivity contribution is -0.144. The van der Waals surface area contributed by atoms with Gasteiger partial charge in [-0.25, -0.2) is 4.79 Å². The van der Waals surface area contributed by atoms with Gasteiger partial charge in [-0.2, -0.15) is 0 Å². The summed E-state index contributed by atoms with van der Waals surface area (Å²) in [6, 6.07) is 11.0. The number of hydrogen-bond acceptors (Lipinski definition) is 5. The molecule has 0 aliphatic heterocycles. The first-order valence-corrected chi connectivity index (χ1v) is 10.3. The lowest BCUT2D eigenvalue weighted by atomic mass is 9.99. The van der Waals surface area contributed by atoms with E-state index in [1.807, 2.05) is 44.2 Å². The second-order valence-electron chi connectivity index (χ2n) is 7.96. The van der Waals surface area contributed by atoms with Crippen LogP contribution < -0.4 is 5.63 Å². The van der Waals surface area contributed by atoms with E-state index in [-0.39, 0.29) is 25.2 Å². The van der Waals surface area contributed by atoms with Crippen LogP contribution in [-0.4, -0.2) is 11.8 Å². The molecule has 0 unspecified atom stereocenters. The largest absolute Gasteiger partial charge is 0.461 e. The molecule has 0 spiro atoms. The number of carbonyl (C=O) groups is 2. The van der Waals surface area contributed by atoms with Gasteiger partial charge in [-0.1, -0.05) is 17.7 Å². The number of aryl methyl sites for hydroxylation is 4. The third kappa shape index (κ3) is 4.20. The summed E-state index contributed by atoms with van der Waals surface area (Å²) in [4.78, 5) is 36.6. The molecule has 0 radical (unpaired) electrons. The second kappa shape index (κ2) is 8.27. The zero-order chi connectivity index (χ0) is 21.3. The number of rotatable bonds is 6. The van der Waals surface area contributed by atoms with E-state index in [1.54, 1.807) is 0 Å². The molecule has 1 aliphatic rings. The molecule has 2 aromatic carbocycles. The average molecular weight is 404 g/mol. The van der Waals surface area contributed by atoms with E-state index in [2.05, 4.69) is 0 Å². The molecular formula is C25H24O5. The number of Topliss-reactive ketones (excluding diaryl/α,β-unsaturated/α-hetero) is 1. The van der Waals surface area contributed by atoms with Gasteiger partial charge in [0, 0.05) is 29.0 Å². The van der Waals surface area contributed by atoms with Crippen LogP contribution in [0.15, 0.2) is 45.6 Å². The molecule has 1 aromatic heterocycles. The van der Waals surface area contributed by atoms with Crippen LogP contribution in [0.25, 0.3) is 11.0 Å². The maximum Gasteiger partial charge on any atom is 0.336 e. The van der Waals surface area contributed by atoms with Crippen molar-refractivity contribution in [1.29, 1.82) is 0 Å². The standard InChI is InChI=1S/C25H24O5/c1-15-6-7-16(2)20(10-15)22(26)8-9-24(27)29-14-19-13-25(28)30-23-12-18-5-3-4-17(18)11-21(19)23/h6-7,10-13H,3-5,8-9,14H2,1-2H3. The first-order chi connectivity index (χ1) is 14.4. The number of fused-ring (bicyclic) bond motifs is 2. The van der Waals surface area contributed by atoms with Crippen molar-refractivity contribution in [3.63, 3.8) is 0 Å². The topological polar surface area (TPSA) is 73.6 Å². The fourth-order valence-electron chi connectivity index (χ4n) is 4.03. The van der Waals surface area contributed by atoms with Crippen molar-refractivity contribution in [1.82, 2.24) is 0 Å². The minimum absolute atomic E-state index is 0.000979. The van der Waals surface area contributed by atoms with Gasteiger partial charge in [-0.3, -0.25) is 9.59 Å². The Morgan fingerprint density at radius 3 is 2.57 bits per heavy atom. The molecule has 0 fully saturated rings. The van der Waals surface area contributed by atoms with Crippen LogP contribution in [0.5, 0.6) is 0 Å². The number of ketones is 1. The van der Waals surface area contributed by atoms with Gasteiger partial charge in [0.2, 0.25) is 0 Å². The van der Waals surface area contributed by atoms with E-state index in [1.165, 1.54) is 17.2 Å². The van der Waals surface area contributed by atoms with Crippen molar-refractivity contribution in [2.45, 2.75) is 52.6 Å². The fraction of sp³-hybridized carbons (Fsp3) is 0.320. The molecule has 0 atom stereocenters. The Kier molecular flexibility index (Phi) is 5.53. The number of carbonyl (C=O) groups excluding carboxylic acids is 2. The third-order valence-corrected chi connectivity index (χ3v) is 5.68. The highest BCUT2D eigenvalue weighted by Gasteiger charge is 2.17. The number of hydrogen-bond donors (Lipinski definition) is 0. The van der Waals surface area contributed by atoms with Gasteiger partial charge in [-0.15, -0.1) is 0 Å².